The number of halogens is 1. The standard InChI is InChI=1S/C18H20ClN3O3/c1-2-22(10-16(23)24)12-8-11(9-12)21-18(25)14-5-6-15(19)13-4-3-7-20-17(13)14/h3-7,11-12H,2,8-10H2,1H3,(H,21,25)(H,23,24). The van der Waals surface area contributed by atoms with Crippen LogP contribution in [0, 0.1) is 0 Å². The maximum Gasteiger partial charge on any atom is 0.317 e. The molecular formula is C18H20ClN3O3. The van der Waals surface area contributed by atoms with E-state index < -0.39 is 5.97 Å². The van der Waals surface area contributed by atoms with Gasteiger partial charge in [0.2, 0.25) is 0 Å². The maximum atomic E-state index is 12.6. The predicted octanol–water partition coefficient (Wildman–Crippen LogP) is 2.56. The van der Waals surface area contributed by atoms with E-state index in [1.54, 1.807) is 24.4 Å². The molecule has 1 fully saturated rings. The van der Waals surface area contributed by atoms with Crippen LogP contribution in [0.3, 0.4) is 0 Å². The predicted molar refractivity (Wildman–Crippen MR) is 95.9 cm³/mol. The average molecular weight is 362 g/mol. The Morgan fingerprint density at radius 2 is 2.12 bits per heavy atom. The lowest BCUT2D eigenvalue weighted by atomic mass is 9.85. The molecule has 1 aromatic heterocycles. The van der Waals surface area contributed by atoms with Crippen molar-refractivity contribution < 1.29 is 14.7 Å². The molecule has 7 heteroatoms. The van der Waals surface area contributed by atoms with Crippen LogP contribution in [0.25, 0.3) is 10.9 Å². The van der Waals surface area contributed by atoms with Crippen LogP contribution in [0.15, 0.2) is 30.5 Å². The molecule has 1 aliphatic rings. The first-order chi connectivity index (χ1) is 12.0. The first-order valence-electron chi connectivity index (χ1n) is 8.29. The highest BCUT2D eigenvalue weighted by molar-refractivity contribution is 6.36. The Balaban J connectivity index is 1.65. The van der Waals surface area contributed by atoms with Crippen molar-refractivity contribution in [1.82, 2.24) is 15.2 Å². The Bertz CT molecular complexity index is 805. The third-order valence-electron chi connectivity index (χ3n) is 4.67. The Hall–Kier alpha value is -2.18. The second-order valence-corrected chi connectivity index (χ2v) is 6.65. The number of benzene rings is 1. The van der Waals surface area contributed by atoms with Crippen LogP contribution in [0.2, 0.25) is 5.02 Å². The number of aromatic nitrogens is 1. The van der Waals surface area contributed by atoms with Gasteiger partial charge >= 0.3 is 5.97 Å². The number of carboxylic acids is 1. The summed E-state index contributed by atoms with van der Waals surface area (Å²) < 4.78 is 0. The fourth-order valence-electron chi connectivity index (χ4n) is 3.26. The molecule has 0 saturated heterocycles. The highest BCUT2D eigenvalue weighted by atomic mass is 35.5. The molecule has 2 aromatic rings. The van der Waals surface area contributed by atoms with Gasteiger partial charge in [-0.05, 0) is 43.7 Å². The molecule has 1 heterocycles. The summed E-state index contributed by atoms with van der Waals surface area (Å²) in [6.07, 6.45) is 3.15. The van der Waals surface area contributed by atoms with Gasteiger partial charge in [0.15, 0.2) is 0 Å². The summed E-state index contributed by atoms with van der Waals surface area (Å²) in [6, 6.07) is 7.27. The molecule has 2 N–H and O–H groups in total. The van der Waals surface area contributed by atoms with Crippen LogP contribution in [-0.2, 0) is 4.79 Å². The number of hydrogen-bond acceptors (Lipinski definition) is 4. The van der Waals surface area contributed by atoms with Crippen molar-refractivity contribution in [3.05, 3.63) is 41.0 Å². The minimum absolute atomic E-state index is 0.0353. The Morgan fingerprint density at radius 3 is 2.80 bits per heavy atom. The smallest absolute Gasteiger partial charge is 0.317 e. The van der Waals surface area contributed by atoms with Crippen molar-refractivity contribution in [2.24, 2.45) is 0 Å². The zero-order chi connectivity index (χ0) is 18.0. The number of nitrogens with zero attached hydrogens (tertiary/aromatic N) is 2. The first-order valence-corrected chi connectivity index (χ1v) is 8.67. The molecule has 0 aliphatic heterocycles. The molecule has 132 valence electrons. The number of fused-ring (bicyclic) bond motifs is 1. The monoisotopic (exact) mass is 361 g/mol. The van der Waals surface area contributed by atoms with Gasteiger partial charge in [-0.25, -0.2) is 0 Å². The zero-order valence-corrected chi connectivity index (χ0v) is 14.7. The molecule has 0 bridgehead atoms. The highest BCUT2D eigenvalue weighted by Crippen LogP contribution is 2.28. The number of nitrogens with one attached hydrogen (secondary N) is 1. The number of rotatable bonds is 6. The van der Waals surface area contributed by atoms with Gasteiger partial charge in [-0.1, -0.05) is 18.5 Å². The number of carbonyl (C=O) groups is 2. The highest BCUT2D eigenvalue weighted by Gasteiger charge is 2.35. The lowest BCUT2D eigenvalue weighted by molar-refractivity contribution is -0.139. The fourth-order valence-corrected chi connectivity index (χ4v) is 3.48. The Morgan fingerprint density at radius 1 is 1.36 bits per heavy atom. The Kier molecular flexibility index (Phi) is 5.20. The van der Waals surface area contributed by atoms with E-state index in [9.17, 15) is 9.59 Å². The van der Waals surface area contributed by atoms with Crippen LogP contribution < -0.4 is 5.32 Å². The molecule has 1 aliphatic carbocycles. The Labute approximate surface area is 150 Å². The van der Waals surface area contributed by atoms with Gasteiger partial charge in [-0.2, -0.15) is 0 Å². The van der Waals surface area contributed by atoms with Crippen LogP contribution in [0.4, 0.5) is 0 Å². The average Bonchev–Trinajstić information content (AvgIpc) is 2.56. The van der Waals surface area contributed by atoms with Crippen molar-refractivity contribution in [2.45, 2.75) is 31.8 Å². The van der Waals surface area contributed by atoms with E-state index in [4.69, 9.17) is 16.7 Å². The first kappa shape index (κ1) is 17.6. The summed E-state index contributed by atoms with van der Waals surface area (Å²) in [7, 11) is 0. The summed E-state index contributed by atoms with van der Waals surface area (Å²) >= 11 is 6.16. The molecule has 0 radical (unpaired) electrons. The van der Waals surface area contributed by atoms with Gasteiger partial charge in [0.25, 0.3) is 5.91 Å². The van der Waals surface area contributed by atoms with E-state index in [-0.39, 0.29) is 24.5 Å². The van der Waals surface area contributed by atoms with Crippen molar-refractivity contribution in [3.63, 3.8) is 0 Å². The van der Waals surface area contributed by atoms with Gasteiger partial charge in [0.1, 0.15) is 0 Å². The van der Waals surface area contributed by atoms with Crippen LogP contribution in [0.1, 0.15) is 30.1 Å². The summed E-state index contributed by atoms with van der Waals surface area (Å²) in [5, 5.41) is 13.3. The van der Waals surface area contributed by atoms with E-state index in [0.29, 0.717) is 22.6 Å². The number of hydrogen-bond donors (Lipinski definition) is 2. The number of aliphatic carboxylic acids is 1. The topological polar surface area (TPSA) is 82.5 Å². The molecule has 3 rings (SSSR count). The van der Waals surface area contributed by atoms with Gasteiger partial charge < -0.3 is 10.4 Å². The third kappa shape index (κ3) is 3.75. The molecule has 6 nitrogen and oxygen atoms in total. The van der Waals surface area contributed by atoms with Gasteiger partial charge in [-0.3, -0.25) is 19.5 Å². The van der Waals surface area contributed by atoms with E-state index in [1.165, 1.54) is 0 Å². The minimum atomic E-state index is -0.826. The third-order valence-corrected chi connectivity index (χ3v) is 5.00. The number of carboxylic acid groups (broad SMARTS) is 1. The molecule has 0 unspecified atom stereocenters. The second kappa shape index (κ2) is 7.37. The van der Waals surface area contributed by atoms with E-state index >= 15 is 0 Å². The molecule has 1 saturated carbocycles. The second-order valence-electron chi connectivity index (χ2n) is 6.25. The summed E-state index contributed by atoms with van der Waals surface area (Å²) in [4.78, 5) is 29.7. The maximum absolute atomic E-state index is 12.6. The SMILES string of the molecule is CCN(CC(=O)O)C1CC(NC(=O)c2ccc(Cl)c3cccnc23)C1. The summed E-state index contributed by atoms with van der Waals surface area (Å²) in [5.74, 6) is -1.00. The molecule has 0 atom stereocenters. The van der Waals surface area contributed by atoms with E-state index in [2.05, 4.69) is 10.3 Å². The molecule has 1 aromatic carbocycles. The van der Waals surface area contributed by atoms with E-state index in [1.807, 2.05) is 17.9 Å². The lowest BCUT2D eigenvalue weighted by Gasteiger charge is -2.42. The van der Waals surface area contributed by atoms with Gasteiger partial charge in [0.05, 0.1) is 22.6 Å². The number of carbonyl (C=O) groups excluding carboxylic acids is 1. The van der Waals surface area contributed by atoms with Crippen molar-refractivity contribution in [3.8, 4) is 0 Å². The van der Waals surface area contributed by atoms with Gasteiger partial charge in [-0.15, -0.1) is 0 Å². The summed E-state index contributed by atoms with van der Waals surface area (Å²) in [5.41, 5.74) is 1.09. The normalized spacial score (nSPS) is 19.6. The van der Waals surface area contributed by atoms with Crippen LogP contribution >= 0.6 is 11.6 Å². The van der Waals surface area contributed by atoms with Crippen LogP contribution in [0.5, 0.6) is 0 Å². The lowest BCUT2D eigenvalue weighted by Crippen LogP contribution is -2.54. The van der Waals surface area contributed by atoms with Crippen molar-refractivity contribution >= 4 is 34.4 Å². The largest absolute Gasteiger partial charge is 0.480 e. The molecular weight excluding hydrogens is 342 g/mol. The van der Waals surface area contributed by atoms with Crippen molar-refractivity contribution in [2.75, 3.05) is 13.1 Å². The minimum Gasteiger partial charge on any atom is -0.480 e. The molecule has 25 heavy (non-hydrogen) atoms. The quantitative estimate of drug-likeness (QED) is 0.826. The summed E-state index contributed by atoms with van der Waals surface area (Å²) in [6.45, 7) is 2.66. The molecule has 0 spiro atoms. The fraction of sp³-hybridized carbons (Fsp3) is 0.389. The van der Waals surface area contributed by atoms with Gasteiger partial charge in [0, 0.05) is 23.7 Å². The van der Waals surface area contributed by atoms with Crippen LogP contribution in [-0.4, -0.2) is 52.0 Å². The zero-order valence-electron chi connectivity index (χ0n) is 13.9. The molecule has 1 amide bonds. The van der Waals surface area contributed by atoms with E-state index in [0.717, 1.165) is 18.2 Å². The number of pyridine rings is 1. The number of amides is 1. The number of likely N-dealkylation sites (N-methyl/N-ethyl adjacent to an activating group) is 1. The van der Waals surface area contributed by atoms with Crippen molar-refractivity contribution in [1.29, 1.82) is 0 Å².